The number of amides is 1. The van der Waals surface area contributed by atoms with E-state index in [0.29, 0.717) is 0 Å². The number of nitrogens with one attached hydrogen (secondary N) is 1. The summed E-state index contributed by atoms with van der Waals surface area (Å²) in [5.74, 6) is -1.00. The van der Waals surface area contributed by atoms with Gasteiger partial charge in [0.1, 0.15) is 16.9 Å². The number of carbonyl (C=O) groups is 2. The molecule has 1 N–H and O–H groups in total. The molecule has 17 heavy (non-hydrogen) atoms. The first-order valence-corrected chi connectivity index (χ1v) is 5.37. The van der Waals surface area contributed by atoms with Crippen LogP contribution in [-0.4, -0.2) is 34.5 Å². The lowest BCUT2D eigenvalue weighted by Gasteiger charge is -2.11. The van der Waals surface area contributed by atoms with E-state index >= 15 is 0 Å². The van der Waals surface area contributed by atoms with Crippen LogP contribution in [0.2, 0.25) is 5.15 Å². The van der Waals surface area contributed by atoms with E-state index in [0.717, 1.165) is 0 Å². The highest BCUT2D eigenvalue weighted by Gasteiger charge is 2.18. The summed E-state index contributed by atoms with van der Waals surface area (Å²) in [6.45, 7) is 3.48. The van der Waals surface area contributed by atoms with Crippen LogP contribution in [0.25, 0.3) is 0 Å². The van der Waals surface area contributed by atoms with E-state index in [-0.39, 0.29) is 17.5 Å². The minimum Gasteiger partial charge on any atom is -0.464 e. The molecule has 0 radical (unpaired) electrons. The lowest BCUT2D eigenvalue weighted by atomic mass is 10.3. The molecule has 1 unspecified atom stereocenters. The third-order valence-electron chi connectivity index (χ3n) is 1.84. The molecule has 0 aliphatic rings. The molecule has 1 heterocycles. The summed E-state index contributed by atoms with van der Waals surface area (Å²) >= 11 is 5.53. The fourth-order valence-corrected chi connectivity index (χ4v) is 1.12. The summed E-state index contributed by atoms with van der Waals surface area (Å²) in [6, 6.07) is -0.736. The molecule has 7 heteroatoms. The molecule has 6 nitrogen and oxygen atoms in total. The van der Waals surface area contributed by atoms with Crippen LogP contribution in [0.4, 0.5) is 0 Å². The minimum absolute atomic E-state index is 0.0885. The van der Waals surface area contributed by atoms with E-state index in [1.165, 1.54) is 19.3 Å². The van der Waals surface area contributed by atoms with Crippen molar-refractivity contribution < 1.29 is 14.3 Å². The molecule has 1 aromatic heterocycles. The van der Waals surface area contributed by atoms with Crippen LogP contribution in [0.1, 0.15) is 24.3 Å². The van der Waals surface area contributed by atoms with Gasteiger partial charge in [0.05, 0.1) is 19.0 Å². The predicted molar refractivity (Wildman–Crippen MR) is 60.6 cm³/mol. The third kappa shape index (κ3) is 3.99. The van der Waals surface area contributed by atoms with Gasteiger partial charge in [-0.05, 0) is 13.8 Å². The third-order valence-corrected chi connectivity index (χ3v) is 2.04. The minimum atomic E-state index is -0.736. The quantitative estimate of drug-likeness (QED) is 0.808. The van der Waals surface area contributed by atoms with E-state index in [1.807, 2.05) is 0 Å². The lowest BCUT2D eigenvalue weighted by Crippen LogP contribution is -2.39. The molecule has 0 saturated carbocycles. The van der Waals surface area contributed by atoms with Gasteiger partial charge in [0, 0.05) is 0 Å². The SMILES string of the molecule is CCOC(=O)C(C)NC(=O)c1cnc(Cl)cn1. The second-order valence-electron chi connectivity index (χ2n) is 3.17. The number of hydrogen-bond donors (Lipinski definition) is 1. The van der Waals surface area contributed by atoms with Gasteiger partial charge in [-0.2, -0.15) is 0 Å². The fourth-order valence-electron chi connectivity index (χ4n) is 1.03. The maximum atomic E-state index is 11.6. The number of esters is 1. The standard InChI is InChI=1S/C10H12ClN3O3/c1-3-17-10(16)6(2)14-9(15)7-4-13-8(11)5-12-7/h4-6H,3H2,1-2H3,(H,14,15). The topological polar surface area (TPSA) is 81.2 Å². The molecular formula is C10H12ClN3O3. The molecule has 1 rings (SSSR count). The Morgan fingerprint density at radius 3 is 2.71 bits per heavy atom. The van der Waals surface area contributed by atoms with E-state index < -0.39 is 17.9 Å². The smallest absolute Gasteiger partial charge is 0.328 e. The predicted octanol–water partition coefficient (Wildman–Crippen LogP) is 0.811. The van der Waals surface area contributed by atoms with Crippen LogP contribution in [0, 0.1) is 0 Å². The van der Waals surface area contributed by atoms with Gasteiger partial charge >= 0.3 is 5.97 Å². The molecule has 1 atom stereocenters. The first-order valence-electron chi connectivity index (χ1n) is 4.99. The summed E-state index contributed by atoms with van der Waals surface area (Å²) in [7, 11) is 0. The van der Waals surface area contributed by atoms with Gasteiger partial charge in [-0.1, -0.05) is 11.6 Å². The molecule has 1 aromatic rings. The van der Waals surface area contributed by atoms with Gasteiger partial charge in [-0.3, -0.25) is 4.79 Å². The highest BCUT2D eigenvalue weighted by atomic mass is 35.5. The molecule has 0 aromatic carbocycles. The van der Waals surface area contributed by atoms with Gasteiger partial charge in [0.15, 0.2) is 0 Å². The number of ether oxygens (including phenoxy) is 1. The van der Waals surface area contributed by atoms with Crippen LogP contribution in [0.5, 0.6) is 0 Å². The van der Waals surface area contributed by atoms with Crippen molar-refractivity contribution in [2.45, 2.75) is 19.9 Å². The molecule has 0 aliphatic carbocycles. The molecule has 0 fully saturated rings. The molecule has 0 aliphatic heterocycles. The van der Waals surface area contributed by atoms with Crippen molar-refractivity contribution in [3.63, 3.8) is 0 Å². The van der Waals surface area contributed by atoms with Crippen molar-refractivity contribution in [1.29, 1.82) is 0 Å². The summed E-state index contributed by atoms with van der Waals surface area (Å²) in [5.41, 5.74) is 0.0885. The molecular weight excluding hydrogens is 246 g/mol. The summed E-state index contributed by atoms with van der Waals surface area (Å²) < 4.78 is 4.75. The van der Waals surface area contributed by atoms with Crippen molar-refractivity contribution in [3.05, 3.63) is 23.2 Å². The average Bonchev–Trinajstić information content (AvgIpc) is 2.30. The summed E-state index contributed by atoms with van der Waals surface area (Å²) in [4.78, 5) is 30.4. The zero-order chi connectivity index (χ0) is 12.8. The summed E-state index contributed by atoms with van der Waals surface area (Å²) in [6.07, 6.45) is 2.49. The lowest BCUT2D eigenvalue weighted by molar-refractivity contribution is -0.144. The monoisotopic (exact) mass is 257 g/mol. The molecule has 92 valence electrons. The number of halogens is 1. The maximum Gasteiger partial charge on any atom is 0.328 e. The van der Waals surface area contributed by atoms with E-state index in [4.69, 9.17) is 16.3 Å². The van der Waals surface area contributed by atoms with Crippen LogP contribution in [0.3, 0.4) is 0 Å². The number of nitrogens with zero attached hydrogens (tertiary/aromatic N) is 2. The van der Waals surface area contributed by atoms with Gasteiger partial charge in [0.2, 0.25) is 0 Å². The Hall–Kier alpha value is -1.69. The zero-order valence-corrected chi connectivity index (χ0v) is 10.2. The largest absolute Gasteiger partial charge is 0.464 e. The Labute approximate surface area is 103 Å². The normalized spacial score (nSPS) is 11.7. The Morgan fingerprint density at radius 1 is 1.47 bits per heavy atom. The van der Waals surface area contributed by atoms with Crippen molar-refractivity contribution in [3.8, 4) is 0 Å². The van der Waals surface area contributed by atoms with Crippen LogP contribution in [-0.2, 0) is 9.53 Å². The first kappa shape index (κ1) is 13.4. The molecule has 0 saturated heterocycles. The van der Waals surface area contributed by atoms with Crippen molar-refractivity contribution in [1.82, 2.24) is 15.3 Å². The zero-order valence-electron chi connectivity index (χ0n) is 9.44. The second kappa shape index (κ2) is 6.15. The highest BCUT2D eigenvalue weighted by Crippen LogP contribution is 2.01. The van der Waals surface area contributed by atoms with Crippen molar-refractivity contribution in [2.24, 2.45) is 0 Å². The van der Waals surface area contributed by atoms with E-state index in [2.05, 4.69) is 15.3 Å². The number of aromatic nitrogens is 2. The fraction of sp³-hybridized carbons (Fsp3) is 0.400. The highest BCUT2D eigenvalue weighted by molar-refractivity contribution is 6.29. The average molecular weight is 258 g/mol. The van der Waals surface area contributed by atoms with Crippen molar-refractivity contribution >= 4 is 23.5 Å². The number of carbonyl (C=O) groups excluding carboxylic acids is 2. The van der Waals surface area contributed by atoms with Crippen LogP contribution in [0.15, 0.2) is 12.4 Å². The van der Waals surface area contributed by atoms with Gasteiger partial charge in [0.25, 0.3) is 5.91 Å². The van der Waals surface area contributed by atoms with E-state index in [1.54, 1.807) is 6.92 Å². The van der Waals surface area contributed by atoms with Gasteiger partial charge in [-0.15, -0.1) is 0 Å². The Kier molecular flexibility index (Phi) is 4.84. The van der Waals surface area contributed by atoms with Gasteiger partial charge < -0.3 is 10.1 Å². The van der Waals surface area contributed by atoms with Crippen LogP contribution >= 0.6 is 11.6 Å². The Balaban J connectivity index is 2.60. The Bertz CT molecular complexity index is 408. The molecule has 1 amide bonds. The maximum absolute atomic E-state index is 11.6. The Morgan fingerprint density at radius 2 is 2.18 bits per heavy atom. The first-order chi connectivity index (χ1) is 8.04. The molecule has 0 bridgehead atoms. The molecule has 0 spiro atoms. The van der Waals surface area contributed by atoms with Crippen molar-refractivity contribution in [2.75, 3.05) is 6.61 Å². The van der Waals surface area contributed by atoms with Crippen LogP contribution < -0.4 is 5.32 Å². The number of hydrogen-bond acceptors (Lipinski definition) is 5. The van der Waals surface area contributed by atoms with Gasteiger partial charge in [-0.25, -0.2) is 14.8 Å². The number of rotatable bonds is 4. The summed E-state index contributed by atoms with van der Waals surface area (Å²) in [5, 5.41) is 2.64. The van der Waals surface area contributed by atoms with E-state index in [9.17, 15) is 9.59 Å². The second-order valence-corrected chi connectivity index (χ2v) is 3.56.